The van der Waals surface area contributed by atoms with Crippen molar-refractivity contribution in [2.75, 3.05) is 26.2 Å². The summed E-state index contributed by atoms with van der Waals surface area (Å²) in [5.41, 5.74) is 5.16. The van der Waals surface area contributed by atoms with Gasteiger partial charge >= 0.3 is 6.03 Å². The van der Waals surface area contributed by atoms with Crippen LogP contribution in [0.25, 0.3) is 0 Å². The monoisotopic (exact) mass is 228 g/mol. The van der Waals surface area contributed by atoms with Crippen LogP contribution in [0.3, 0.4) is 0 Å². The van der Waals surface area contributed by atoms with Gasteiger partial charge in [-0.2, -0.15) is 0 Å². The van der Waals surface area contributed by atoms with Crippen LogP contribution in [0.5, 0.6) is 0 Å². The summed E-state index contributed by atoms with van der Waals surface area (Å²) in [6.45, 7) is 4.66. The number of nitrogens with two attached hydrogens (primary N) is 1. The molecule has 16 heavy (non-hydrogen) atoms. The molecular weight excluding hydrogens is 208 g/mol. The molecule has 0 spiro atoms. The molecule has 1 aliphatic heterocycles. The van der Waals surface area contributed by atoms with Gasteiger partial charge in [0.2, 0.25) is 5.91 Å². The lowest BCUT2D eigenvalue weighted by Gasteiger charge is -2.35. The van der Waals surface area contributed by atoms with Gasteiger partial charge in [0.15, 0.2) is 0 Å². The standard InChI is InChI=1S/C10H20N4O2/c1-2-3-13-10(16)14-5-4-12-7-8(14)6-9(11)15/h8,12H,2-7H2,1H3,(H2,11,15)(H,13,16). The molecule has 1 atom stereocenters. The van der Waals surface area contributed by atoms with Crippen molar-refractivity contribution in [2.45, 2.75) is 25.8 Å². The predicted octanol–water partition coefficient (Wildman–Crippen LogP) is -0.745. The first kappa shape index (κ1) is 12.8. The predicted molar refractivity (Wildman–Crippen MR) is 60.9 cm³/mol. The fraction of sp³-hybridized carbons (Fsp3) is 0.800. The quantitative estimate of drug-likeness (QED) is 0.592. The van der Waals surface area contributed by atoms with E-state index in [-0.39, 0.29) is 24.4 Å². The molecule has 1 unspecified atom stereocenters. The summed E-state index contributed by atoms with van der Waals surface area (Å²) in [6, 6.07) is -0.224. The van der Waals surface area contributed by atoms with Crippen molar-refractivity contribution in [3.05, 3.63) is 0 Å². The fourth-order valence-corrected chi connectivity index (χ4v) is 1.78. The average Bonchev–Trinajstić information content (AvgIpc) is 2.26. The van der Waals surface area contributed by atoms with Gasteiger partial charge in [-0.3, -0.25) is 4.79 Å². The Hall–Kier alpha value is -1.30. The van der Waals surface area contributed by atoms with Crippen molar-refractivity contribution in [1.82, 2.24) is 15.5 Å². The maximum absolute atomic E-state index is 11.8. The fourth-order valence-electron chi connectivity index (χ4n) is 1.78. The highest BCUT2D eigenvalue weighted by Gasteiger charge is 2.27. The first-order valence-corrected chi connectivity index (χ1v) is 5.68. The molecule has 1 saturated heterocycles. The molecule has 6 nitrogen and oxygen atoms in total. The highest BCUT2D eigenvalue weighted by molar-refractivity contribution is 5.78. The zero-order valence-corrected chi connectivity index (χ0v) is 9.66. The van der Waals surface area contributed by atoms with Crippen LogP contribution in [0, 0.1) is 0 Å². The van der Waals surface area contributed by atoms with Crippen LogP contribution in [-0.2, 0) is 4.79 Å². The van der Waals surface area contributed by atoms with Gasteiger partial charge in [-0.1, -0.05) is 6.92 Å². The number of urea groups is 1. The number of piperazine rings is 1. The van der Waals surface area contributed by atoms with Crippen molar-refractivity contribution < 1.29 is 9.59 Å². The Balaban J connectivity index is 2.51. The van der Waals surface area contributed by atoms with Crippen LogP contribution in [0.15, 0.2) is 0 Å². The third-order valence-electron chi connectivity index (χ3n) is 2.57. The van der Waals surface area contributed by atoms with E-state index in [1.165, 1.54) is 0 Å². The highest BCUT2D eigenvalue weighted by atomic mass is 16.2. The summed E-state index contributed by atoms with van der Waals surface area (Å²) in [6.07, 6.45) is 1.12. The summed E-state index contributed by atoms with van der Waals surface area (Å²) in [7, 11) is 0. The van der Waals surface area contributed by atoms with Gasteiger partial charge in [0.1, 0.15) is 0 Å². The second-order valence-electron chi connectivity index (χ2n) is 3.95. The maximum Gasteiger partial charge on any atom is 0.317 e. The molecule has 1 rings (SSSR count). The van der Waals surface area contributed by atoms with Crippen molar-refractivity contribution >= 4 is 11.9 Å². The van der Waals surface area contributed by atoms with E-state index in [4.69, 9.17) is 5.73 Å². The minimum absolute atomic E-state index is 0.102. The van der Waals surface area contributed by atoms with Gasteiger partial charge in [0, 0.05) is 32.6 Å². The number of primary amides is 1. The molecule has 0 bridgehead atoms. The number of rotatable bonds is 4. The van der Waals surface area contributed by atoms with E-state index in [1.54, 1.807) is 4.90 Å². The highest BCUT2D eigenvalue weighted by Crippen LogP contribution is 2.07. The largest absolute Gasteiger partial charge is 0.370 e. The lowest BCUT2D eigenvalue weighted by atomic mass is 10.1. The van der Waals surface area contributed by atoms with Crippen LogP contribution in [0.1, 0.15) is 19.8 Å². The first-order chi connectivity index (χ1) is 7.65. The van der Waals surface area contributed by atoms with Crippen molar-refractivity contribution in [2.24, 2.45) is 5.73 Å². The Morgan fingerprint density at radius 1 is 1.56 bits per heavy atom. The van der Waals surface area contributed by atoms with Gasteiger partial charge in [0.25, 0.3) is 0 Å². The molecular formula is C10H20N4O2. The molecule has 0 aromatic carbocycles. The number of hydrogen-bond donors (Lipinski definition) is 3. The Morgan fingerprint density at radius 2 is 2.31 bits per heavy atom. The molecule has 6 heteroatoms. The van der Waals surface area contributed by atoms with E-state index >= 15 is 0 Å². The second kappa shape index (κ2) is 6.32. The Kier molecular flexibility index (Phi) is 5.04. The van der Waals surface area contributed by atoms with Crippen LogP contribution in [-0.4, -0.2) is 49.1 Å². The molecule has 0 aromatic heterocycles. The molecule has 0 aromatic rings. The zero-order chi connectivity index (χ0) is 12.0. The summed E-state index contributed by atoms with van der Waals surface area (Å²) >= 11 is 0. The van der Waals surface area contributed by atoms with Crippen molar-refractivity contribution in [3.63, 3.8) is 0 Å². The molecule has 1 heterocycles. The van der Waals surface area contributed by atoms with E-state index in [2.05, 4.69) is 10.6 Å². The summed E-state index contributed by atoms with van der Waals surface area (Å²) in [4.78, 5) is 24.4. The van der Waals surface area contributed by atoms with E-state index in [1.807, 2.05) is 6.92 Å². The average molecular weight is 228 g/mol. The normalized spacial score (nSPS) is 20.6. The zero-order valence-electron chi connectivity index (χ0n) is 9.66. The van der Waals surface area contributed by atoms with Crippen LogP contribution in [0.4, 0.5) is 4.79 Å². The van der Waals surface area contributed by atoms with E-state index < -0.39 is 0 Å². The molecule has 1 fully saturated rings. The summed E-state index contributed by atoms with van der Waals surface area (Å²) in [5, 5.41) is 5.96. The molecule has 3 amide bonds. The van der Waals surface area contributed by atoms with E-state index in [9.17, 15) is 9.59 Å². The lowest BCUT2D eigenvalue weighted by Crippen LogP contribution is -2.57. The van der Waals surface area contributed by atoms with Gasteiger partial charge in [-0.25, -0.2) is 4.79 Å². The summed E-state index contributed by atoms with van der Waals surface area (Å²) < 4.78 is 0. The first-order valence-electron chi connectivity index (χ1n) is 5.68. The number of nitrogens with zero attached hydrogens (tertiary/aromatic N) is 1. The Morgan fingerprint density at radius 3 is 2.94 bits per heavy atom. The van der Waals surface area contributed by atoms with Gasteiger partial charge < -0.3 is 21.3 Å². The maximum atomic E-state index is 11.8. The van der Waals surface area contributed by atoms with Crippen molar-refractivity contribution in [1.29, 1.82) is 0 Å². The molecule has 4 N–H and O–H groups in total. The number of hydrogen-bond acceptors (Lipinski definition) is 3. The Bertz CT molecular complexity index is 257. The summed E-state index contributed by atoms with van der Waals surface area (Å²) in [5.74, 6) is -0.373. The minimum atomic E-state index is -0.373. The minimum Gasteiger partial charge on any atom is -0.370 e. The Labute approximate surface area is 95.5 Å². The third-order valence-corrected chi connectivity index (χ3v) is 2.57. The molecule has 0 aliphatic carbocycles. The van der Waals surface area contributed by atoms with Gasteiger partial charge in [0.05, 0.1) is 6.04 Å². The number of carbonyl (C=O) groups excluding carboxylic acids is 2. The van der Waals surface area contributed by atoms with Crippen LogP contribution in [0.2, 0.25) is 0 Å². The number of carbonyl (C=O) groups is 2. The number of amides is 3. The van der Waals surface area contributed by atoms with Gasteiger partial charge in [-0.15, -0.1) is 0 Å². The number of nitrogens with one attached hydrogen (secondary N) is 2. The molecule has 1 aliphatic rings. The molecule has 92 valence electrons. The van der Waals surface area contributed by atoms with Gasteiger partial charge in [-0.05, 0) is 6.42 Å². The van der Waals surface area contributed by atoms with E-state index in [0.717, 1.165) is 13.0 Å². The SMILES string of the molecule is CCCNC(=O)N1CCNCC1CC(N)=O. The second-order valence-corrected chi connectivity index (χ2v) is 3.95. The third kappa shape index (κ3) is 3.69. The topological polar surface area (TPSA) is 87.5 Å². The lowest BCUT2D eigenvalue weighted by molar-refractivity contribution is -0.119. The van der Waals surface area contributed by atoms with Crippen LogP contribution >= 0.6 is 0 Å². The van der Waals surface area contributed by atoms with Crippen molar-refractivity contribution in [3.8, 4) is 0 Å². The van der Waals surface area contributed by atoms with Crippen LogP contribution < -0.4 is 16.4 Å². The smallest absolute Gasteiger partial charge is 0.317 e. The molecule has 0 radical (unpaired) electrons. The van der Waals surface area contributed by atoms with E-state index in [0.29, 0.717) is 19.6 Å². The molecule has 0 saturated carbocycles.